The van der Waals surface area contributed by atoms with Gasteiger partial charge in [-0.1, -0.05) is 11.3 Å². The largest absolute Gasteiger partial charge is 0.382 e. The monoisotopic (exact) mass is 308 g/mol. The number of aromatic nitrogens is 1. The van der Waals surface area contributed by atoms with Gasteiger partial charge in [0.2, 0.25) is 0 Å². The lowest BCUT2D eigenvalue weighted by atomic mass is 10.3. The van der Waals surface area contributed by atoms with Crippen molar-refractivity contribution in [1.29, 1.82) is 0 Å². The Hall–Kier alpha value is -2.15. The number of benzene rings is 1. The van der Waals surface area contributed by atoms with Crippen molar-refractivity contribution in [3.63, 3.8) is 0 Å². The zero-order chi connectivity index (χ0) is 15.6. The first-order valence-electron chi connectivity index (χ1n) is 6.45. The Kier molecular flexibility index (Phi) is 4.42. The van der Waals surface area contributed by atoms with E-state index in [-0.39, 0.29) is 23.6 Å². The second kappa shape index (κ2) is 6.09. The predicted molar refractivity (Wildman–Crippen MR) is 84.4 cm³/mol. The van der Waals surface area contributed by atoms with Crippen molar-refractivity contribution in [2.75, 3.05) is 23.0 Å². The lowest BCUT2D eigenvalue weighted by molar-refractivity contribution is 0.0997. The summed E-state index contributed by atoms with van der Waals surface area (Å²) >= 11 is 1.21. The fourth-order valence-electron chi connectivity index (χ4n) is 1.73. The lowest BCUT2D eigenvalue weighted by Crippen LogP contribution is -2.26. The summed E-state index contributed by atoms with van der Waals surface area (Å²) in [4.78, 5) is 18.4. The van der Waals surface area contributed by atoms with Gasteiger partial charge in [0.05, 0.1) is 0 Å². The highest BCUT2D eigenvalue weighted by atomic mass is 32.1. The van der Waals surface area contributed by atoms with E-state index in [0.717, 1.165) is 0 Å². The van der Waals surface area contributed by atoms with Crippen molar-refractivity contribution >= 4 is 33.9 Å². The van der Waals surface area contributed by atoms with E-state index in [2.05, 4.69) is 10.3 Å². The molecular weight excluding hydrogens is 291 g/mol. The molecule has 0 radical (unpaired) electrons. The molecule has 2 rings (SSSR count). The van der Waals surface area contributed by atoms with E-state index >= 15 is 0 Å². The lowest BCUT2D eigenvalue weighted by Gasteiger charge is -2.16. The molecule has 1 aromatic carbocycles. The zero-order valence-electron chi connectivity index (χ0n) is 12.1. The summed E-state index contributed by atoms with van der Waals surface area (Å²) in [6.45, 7) is 3.95. The first-order chi connectivity index (χ1) is 9.88. The van der Waals surface area contributed by atoms with E-state index in [0.29, 0.717) is 15.7 Å². The predicted octanol–water partition coefficient (Wildman–Crippen LogP) is 2.96. The van der Waals surface area contributed by atoms with E-state index in [1.54, 1.807) is 7.05 Å². The molecule has 5 nitrogen and oxygen atoms in total. The molecule has 2 aromatic rings. The molecule has 0 aliphatic heterocycles. The second-order valence-corrected chi connectivity index (χ2v) is 5.87. The van der Waals surface area contributed by atoms with Crippen LogP contribution in [-0.2, 0) is 0 Å². The van der Waals surface area contributed by atoms with Crippen LogP contribution in [0.15, 0.2) is 24.3 Å². The van der Waals surface area contributed by atoms with Gasteiger partial charge in [-0.2, -0.15) is 0 Å². The van der Waals surface area contributed by atoms with Gasteiger partial charge in [-0.25, -0.2) is 9.37 Å². The van der Waals surface area contributed by atoms with Crippen molar-refractivity contribution in [2.24, 2.45) is 0 Å². The summed E-state index contributed by atoms with van der Waals surface area (Å²) in [7, 11) is 1.62. The molecule has 1 aromatic heterocycles. The number of carbonyl (C=O) groups excluding carboxylic acids is 1. The van der Waals surface area contributed by atoms with Crippen molar-refractivity contribution in [3.05, 3.63) is 35.0 Å². The van der Waals surface area contributed by atoms with Gasteiger partial charge in [0, 0.05) is 18.8 Å². The number of nitrogens with zero attached hydrogens (tertiary/aromatic N) is 2. The molecule has 0 atom stereocenters. The van der Waals surface area contributed by atoms with Gasteiger partial charge in [0.25, 0.3) is 5.91 Å². The zero-order valence-corrected chi connectivity index (χ0v) is 12.9. The van der Waals surface area contributed by atoms with Gasteiger partial charge >= 0.3 is 0 Å². The molecule has 0 aliphatic rings. The molecule has 0 unspecified atom stereocenters. The first-order valence-corrected chi connectivity index (χ1v) is 7.26. The normalized spacial score (nSPS) is 10.7. The summed E-state index contributed by atoms with van der Waals surface area (Å²) < 4.78 is 12.9. The summed E-state index contributed by atoms with van der Waals surface area (Å²) in [6, 6.07) is 5.89. The Labute approximate surface area is 126 Å². The Morgan fingerprint density at radius 1 is 1.38 bits per heavy atom. The molecule has 3 N–H and O–H groups in total. The summed E-state index contributed by atoms with van der Waals surface area (Å²) in [5, 5.41) is 3.72. The van der Waals surface area contributed by atoms with Gasteiger partial charge in [0.15, 0.2) is 5.13 Å². The minimum atomic E-state index is -0.347. The van der Waals surface area contributed by atoms with Crippen LogP contribution in [0.4, 0.5) is 21.0 Å². The molecule has 0 fully saturated rings. The number of rotatable bonds is 4. The number of amides is 1. The highest BCUT2D eigenvalue weighted by molar-refractivity contribution is 7.18. The quantitative estimate of drug-likeness (QED) is 0.911. The molecule has 0 bridgehead atoms. The van der Waals surface area contributed by atoms with E-state index in [1.807, 2.05) is 13.8 Å². The van der Waals surface area contributed by atoms with Crippen molar-refractivity contribution in [3.8, 4) is 0 Å². The third kappa shape index (κ3) is 3.49. The van der Waals surface area contributed by atoms with E-state index in [4.69, 9.17) is 5.73 Å². The number of halogens is 1. The van der Waals surface area contributed by atoms with Crippen LogP contribution in [0.2, 0.25) is 0 Å². The molecule has 0 aliphatic carbocycles. The molecule has 112 valence electrons. The maximum atomic E-state index is 12.9. The number of nitrogens with one attached hydrogen (secondary N) is 1. The van der Waals surface area contributed by atoms with Gasteiger partial charge in [-0.3, -0.25) is 4.79 Å². The molecule has 0 saturated carbocycles. The molecule has 0 saturated heterocycles. The third-order valence-electron chi connectivity index (χ3n) is 2.78. The molecule has 21 heavy (non-hydrogen) atoms. The van der Waals surface area contributed by atoms with Gasteiger partial charge in [0.1, 0.15) is 16.5 Å². The maximum Gasteiger partial charge on any atom is 0.272 e. The maximum absolute atomic E-state index is 12.9. The molecule has 1 amide bonds. The van der Waals surface area contributed by atoms with E-state index < -0.39 is 0 Å². The van der Waals surface area contributed by atoms with Crippen LogP contribution in [0.3, 0.4) is 0 Å². The van der Waals surface area contributed by atoms with Gasteiger partial charge in [-0.15, -0.1) is 0 Å². The van der Waals surface area contributed by atoms with Gasteiger partial charge in [-0.05, 0) is 38.1 Å². The van der Waals surface area contributed by atoms with Crippen molar-refractivity contribution in [2.45, 2.75) is 19.9 Å². The number of hydrogen-bond acceptors (Lipinski definition) is 5. The van der Waals surface area contributed by atoms with Gasteiger partial charge < -0.3 is 16.0 Å². The summed E-state index contributed by atoms with van der Waals surface area (Å²) in [5.41, 5.74) is 6.40. The van der Waals surface area contributed by atoms with Crippen LogP contribution in [-0.4, -0.2) is 24.0 Å². The highest BCUT2D eigenvalue weighted by Crippen LogP contribution is 2.28. The van der Waals surface area contributed by atoms with E-state index in [9.17, 15) is 9.18 Å². The Morgan fingerprint density at radius 2 is 2.00 bits per heavy atom. The van der Waals surface area contributed by atoms with Crippen molar-refractivity contribution < 1.29 is 9.18 Å². The average molecular weight is 308 g/mol. The average Bonchev–Trinajstić information content (AvgIpc) is 2.78. The smallest absolute Gasteiger partial charge is 0.272 e. The van der Waals surface area contributed by atoms with Crippen LogP contribution in [0.5, 0.6) is 0 Å². The number of nitrogens with two attached hydrogens (primary N) is 1. The molecule has 1 heterocycles. The summed E-state index contributed by atoms with van der Waals surface area (Å²) in [5.74, 6) is -0.421. The number of carbonyl (C=O) groups is 1. The fraction of sp³-hybridized carbons (Fsp3) is 0.286. The Balaban J connectivity index is 2.23. The third-order valence-corrected chi connectivity index (χ3v) is 3.77. The highest BCUT2D eigenvalue weighted by Gasteiger charge is 2.21. The summed E-state index contributed by atoms with van der Waals surface area (Å²) in [6.07, 6.45) is 0. The molecule has 0 spiro atoms. The minimum absolute atomic E-state index is 0.196. The first kappa shape index (κ1) is 15.2. The Morgan fingerprint density at radius 3 is 2.57 bits per heavy atom. The SMILES string of the molecule is CC(C)Nc1nc(N)c(C(=O)N(C)c2ccc(F)cc2)s1. The minimum Gasteiger partial charge on any atom is -0.382 e. The number of hydrogen-bond donors (Lipinski definition) is 2. The number of nitrogen functional groups attached to an aromatic ring is 1. The number of thiazole rings is 1. The Bertz CT molecular complexity index is 639. The van der Waals surface area contributed by atoms with Crippen LogP contribution in [0, 0.1) is 5.82 Å². The van der Waals surface area contributed by atoms with Crippen LogP contribution in [0.25, 0.3) is 0 Å². The van der Waals surface area contributed by atoms with Crippen LogP contribution in [0.1, 0.15) is 23.5 Å². The van der Waals surface area contributed by atoms with Crippen LogP contribution < -0.4 is 16.0 Å². The number of anilines is 3. The van der Waals surface area contributed by atoms with Crippen LogP contribution >= 0.6 is 11.3 Å². The standard InChI is InChI=1S/C14H17FN4OS/c1-8(2)17-14-18-12(16)11(21-14)13(20)19(3)10-6-4-9(15)5-7-10/h4-8H,16H2,1-3H3,(H,17,18). The fourth-order valence-corrected chi connectivity index (χ4v) is 2.73. The van der Waals surface area contributed by atoms with E-state index in [1.165, 1.54) is 40.5 Å². The second-order valence-electron chi connectivity index (χ2n) is 4.87. The molecule has 7 heteroatoms. The molecular formula is C14H17FN4OS. The topological polar surface area (TPSA) is 71.2 Å². The van der Waals surface area contributed by atoms with Crippen molar-refractivity contribution in [1.82, 2.24) is 4.98 Å².